The molecule has 0 bridgehead atoms. The summed E-state index contributed by atoms with van der Waals surface area (Å²) in [5.41, 5.74) is 0.445. The fraction of sp³-hybridized carbons (Fsp3) is 0. The number of phenols is 3. The summed E-state index contributed by atoms with van der Waals surface area (Å²) in [5, 5.41) is 28.7. The highest BCUT2D eigenvalue weighted by Crippen LogP contribution is 2.32. The standard InChI is InChI=1S/C21H18O5/c1-3-5-16(4-2)26-17-9-6-14(7-10-17)8-11-18(23)21-19(24)12-15(22)13-20(21)25/h3-13,22,24-25H,1-2H2/b11-8+,16-5+. The second-order valence-electron chi connectivity index (χ2n) is 5.24. The van der Waals surface area contributed by atoms with Gasteiger partial charge < -0.3 is 20.1 Å². The van der Waals surface area contributed by atoms with E-state index in [0.29, 0.717) is 11.5 Å². The van der Waals surface area contributed by atoms with Crippen LogP contribution in [0.2, 0.25) is 0 Å². The maximum atomic E-state index is 12.2. The highest BCUT2D eigenvalue weighted by atomic mass is 16.5. The van der Waals surface area contributed by atoms with Gasteiger partial charge in [-0.1, -0.05) is 37.4 Å². The fourth-order valence-electron chi connectivity index (χ4n) is 2.15. The topological polar surface area (TPSA) is 87.0 Å². The molecule has 0 aliphatic carbocycles. The van der Waals surface area contributed by atoms with Gasteiger partial charge in [-0.25, -0.2) is 0 Å². The van der Waals surface area contributed by atoms with Gasteiger partial charge in [0.15, 0.2) is 5.78 Å². The van der Waals surface area contributed by atoms with Crippen LogP contribution in [-0.4, -0.2) is 21.1 Å². The summed E-state index contributed by atoms with van der Waals surface area (Å²) in [7, 11) is 0. The van der Waals surface area contributed by atoms with E-state index in [1.54, 1.807) is 42.5 Å². The van der Waals surface area contributed by atoms with Crippen molar-refractivity contribution in [2.24, 2.45) is 0 Å². The van der Waals surface area contributed by atoms with Crippen LogP contribution in [0.3, 0.4) is 0 Å². The smallest absolute Gasteiger partial charge is 0.193 e. The van der Waals surface area contributed by atoms with Crippen LogP contribution in [0.15, 0.2) is 79.6 Å². The molecule has 2 aromatic rings. The number of hydrogen-bond donors (Lipinski definition) is 3. The number of phenolic OH excluding ortho intramolecular Hbond substituents is 3. The SMILES string of the molecule is C=C/C=C(\C=C)Oc1ccc(/C=C/C(=O)c2c(O)cc(O)cc2O)cc1. The van der Waals surface area contributed by atoms with Crippen LogP contribution in [0, 0.1) is 0 Å². The largest absolute Gasteiger partial charge is 0.508 e. The molecule has 0 atom stereocenters. The Balaban J connectivity index is 2.14. The lowest BCUT2D eigenvalue weighted by Gasteiger charge is -2.06. The second-order valence-corrected chi connectivity index (χ2v) is 5.24. The van der Waals surface area contributed by atoms with Crippen LogP contribution >= 0.6 is 0 Å². The number of ketones is 1. The molecule has 0 heterocycles. The molecule has 0 radical (unpaired) electrons. The molecule has 5 nitrogen and oxygen atoms in total. The van der Waals surface area contributed by atoms with Crippen LogP contribution in [0.1, 0.15) is 15.9 Å². The van der Waals surface area contributed by atoms with Crippen molar-refractivity contribution in [2.45, 2.75) is 0 Å². The van der Waals surface area contributed by atoms with Gasteiger partial charge in [-0.05, 0) is 35.9 Å². The molecule has 0 unspecified atom stereocenters. The van der Waals surface area contributed by atoms with Gasteiger partial charge in [0.05, 0.1) is 0 Å². The molecule has 5 heteroatoms. The Labute approximate surface area is 151 Å². The first-order valence-electron chi connectivity index (χ1n) is 7.65. The molecule has 2 rings (SSSR count). The van der Waals surface area contributed by atoms with Crippen molar-refractivity contribution in [2.75, 3.05) is 0 Å². The predicted octanol–water partition coefficient (Wildman–Crippen LogP) is 4.33. The van der Waals surface area contributed by atoms with Crippen molar-refractivity contribution >= 4 is 11.9 Å². The zero-order valence-electron chi connectivity index (χ0n) is 13.9. The fourth-order valence-corrected chi connectivity index (χ4v) is 2.15. The van der Waals surface area contributed by atoms with E-state index in [1.165, 1.54) is 12.2 Å². The van der Waals surface area contributed by atoms with Gasteiger partial charge in [-0.15, -0.1) is 0 Å². The summed E-state index contributed by atoms with van der Waals surface area (Å²) in [6, 6.07) is 8.90. The van der Waals surface area contributed by atoms with Crippen molar-refractivity contribution < 1.29 is 24.9 Å². The summed E-state index contributed by atoms with van der Waals surface area (Å²) in [6.07, 6.45) is 7.58. The summed E-state index contributed by atoms with van der Waals surface area (Å²) in [6.45, 7) is 7.24. The molecule has 3 N–H and O–H groups in total. The van der Waals surface area contributed by atoms with Gasteiger partial charge in [0.1, 0.15) is 34.3 Å². The number of aromatic hydroxyl groups is 3. The van der Waals surface area contributed by atoms with Crippen molar-refractivity contribution in [1.29, 1.82) is 0 Å². The molecule has 0 aliphatic rings. The molecule has 26 heavy (non-hydrogen) atoms. The maximum Gasteiger partial charge on any atom is 0.193 e. The molecule has 132 valence electrons. The average Bonchev–Trinajstić information content (AvgIpc) is 2.59. The molecule has 0 aromatic heterocycles. The molecule has 0 spiro atoms. The zero-order valence-corrected chi connectivity index (χ0v) is 13.9. The molecule has 0 fully saturated rings. The lowest BCUT2D eigenvalue weighted by atomic mass is 10.1. The Bertz CT molecular complexity index is 866. The van der Waals surface area contributed by atoms with Gasteiger partial charge in [0, 0.05) is 12.1 Å². The Morgan fingerprint density at radius 2 is 1.62 bits per heavy atom. The molecule has 0 saturated carbocycles. The van der Waals surface area contributed by atoms with E-state index < -0.39 is 17.3 Å². The number of rotatable bonds is 7. The normalized spacial score (nSPS) is 11.3. The minimum absolute atomic E-state index is 0.274. The average molecular weight is 350 g/mol. The molecular weight excluding hydrogens is 332 g/mol. The van der Waals surface area contributed by atoms with E-state index in [9.17, 15) is 20.1 Å². The van der Waals surface area contributed by atoms with Gasteiger partial charge >= 0.3 is 0 Å². The molecule has 0 saturated heterocycles. The van der Waals surface area contributed by atoms with Gasteiger partial charge in [0.2, 0.25) is 0 Å². The van der Waals surface area contributed by atoms with E-state index in [0.717, 1.165) is 17.7 Å². The summed E-state index contributed by atoms with van der Waals surface area (Å²) in [5.74, 6) is -0.769. The van der Waals surface area contributed by atoms with E-state index >= 15 is 0 Å². The molecule has 0 aliphatic heterocycles. The molecule has 0 amide bonds. The summed E-state index contributed by atoms with van der Waals surface area (Å²) < 4.78 is 5.59. The van der Waals surface area contributed by atoms with E-state index in [1.807, 2.05) is 0 Å². The Hall–Kier alpha value is -3.73. The number of carbonyl (C=O) groups is 1. The zero-order chi connectivity index (χ0) is 19.1. The van der Waals surface area contributed by atoms with E-state index in [2.05, 4.69) is 13.2 Å². The molecule has 2 aromatic carbocycles. The third kappa shape index (κ3) is 4.64. The van der Waals surface area contributed by atoms with Crippen molar-refractivity contribution in [1.82, 2.24) is 0 Å². The first kappa shape index (κ1) is 18.6. The number of ether oxygens (including phenoxy) is 1. The maximum absolute atomic E-state index is 12.2. The van der Waals surface area contributed by atoms with Crippen molar-refractivity contribution in [3.63, 3.8) is 0 Å². The highest BCUT2D eigenvalue weighted by Gasteiger charge is 2.15. The molecular formula is C21H18O5. The van der Waals surface area contributed by atoms with Crippen LogP contribution in [0.4, 0.5) is 0 Å². The minimum Gasteiger partial charge on any atom is -0.508 e. The Morgan fingerprint density at radius 1 is 1.00 bits per heavy atom. The second kappa shape index (κ2) is 8.39. The summed E-state index contributed by atoms with van der Waals surface area (Å²) >= 11 is 0. The highest BCUT2D eigenvalue weighted by molar-refractivity contribution is 6.10. The first-order valence-corrected chi connectivity index (χ1v) is 7.65. The van der Waals surface area contributed by atoms with E-state index in [-0.39, 0.29) is 11.3 Å². The van der Waals surface area contributed by atoms with Crippen LogP contribution in [-0.2, 0) is 0 Å². The van der Waals surface area contributed by atoms with Crippen LogP contribution in [0.25, 0.3) is 6.08 Å². The van der Waals surface area contributed by atoms with Gasteiger partial charge in [-0.2, -0.15) is 0 Å². The lowest BCUT2D eigenvalue weighted by Crippen LogP contribution is -1.96. The predicted molar refractivity (Wildman–Crippen MR) is 100 cm³/mol. The minimum atomic E-state index is -0.594. The third-order valence-electron chi connectivity index (χ3n) is 3.35. The van der Waals surface area contributed by atoms with Gasteiger partial charge in [-0.3, -0.25) is 4.79 Å². The Kier molecular flexibility index (Phi) is 6.01. The van der Waals surface area contributed by atoms with Crippen molar-refractivity contribution in [3.8, 4) is 23.0 Å². The van der Waals surface area contributed by atoms with E-state index in [4.69, 9.17) is 4.74 Å². The Morgan fingerprint density at radius 3 is 2.15 bits per heavy atom. The monoisotopic (exact) mass is 350 g/mol. The lowest BCUT2D eigenvalue weighted by molar-refractivity contribution is 0.104. The quantitative estimate of drug-likeness (QED) is 0.299. The van der Waals surface area contributed by atoms with Crippen LogP contribution < -0.4 is 4.74 Å². The third-order valence-corrected chi connectivity index (χ3v) is 3.35. The number of carbonyl (C=O) groups excluding carboxylic acids is 1. The number of allylic oxidation sites excluding steroid dienone is 4. The van der Waals surface area contributed by atoms with Crippen LogP contribution in [0.5, 0.6) is 23.0 Å². The number of hydrogen-bond acceptors (Lipinski definition) is 5. The van der Waals surface area contributed by atoms with Crippen molar-refractivity contribution in [3.05, 3.63) is 90.7 Å². The number of benzene rings is 2. The first-order chi connectivity index (χ1) is 12.4. The van der Waals surface area contributed by atoms with Gasteiger partial charge in [0.25, 0.3) is 0 Å². The summed E-state index contributed by atoms with van der Waals surface area (Å²) in [4.78, 5) is 12.2.